The van der Waals surface area contributed by atoms with Gasteiger partial charge in [-0.25, -0.2) is 0 Å². The van der Waals surface area contributed by atoms with Crippen molar-refractivity contribution >= 4 is 5.97 Å². The molecule has 1 fully saturated rings. The smallest absolute Gasteiger partial charge is 0.306 e. The number of aliphatic hydroxyl groups excluding tert-OH is 6. The second kappa shape index (κ2) is 10.9. The molecule has 0 spiro atoms. The lowest BCUT2D eigenvalue weighted by Gasteiger charge is -2.24. The maximum absolute atomic E-state index is 10.4. The van der Waals surface area contributed by atoms with Crippen LogP contribution in [0.4, 0.5) is 0 Å². The molecular formula is C13H26O8. The highest BCUT2D eigenvalue weighted by molar-refractivity contribution is 5.69. The number of carboxylic acids is 1. The summed E-state index contributed by atoms with van der Waals surface area (Å²) in [6.45, 7) is -1.45. The van der Waals surface area contributed by atoms with Crippen LogP contribution in [0.5, 0.6) is 0 Å². The molecule has 0 aliphatic heterocycles. The van der Waals surface area contributed by atoms with Gasteiger partial charge in [0.1, 0.15) is 24.4 Å². The van der Waals surface area contributed by atoms with Crippen LogP contribution in [0.1, 0.15) is 32.1 Å². The van der Waals surface area contributed by atoms with Crippen molar-refractivity contribution in [2.75, 3.05) is 13.2 Å². The van der Waals surface area contributed by atoms with E-state index in [2.05, 4.69) is 0 Å². The van der Waals surface area contributed by atoms with Gasteiger partial charge in [0.25, 0.3) is 0 Å². The van der Waals surface area contributed by atoms with Gasteiger partial charge in [0.2, 0.25) is 0 Å². The largest absolute Gasteiger partial charge is 0.481 e. The van der Waals surface area contributed by atoms with Gasteiger partial charge in [-0.05, 0) is 12.8 Å². The van der Waals surface area contributed by atoms with Crippen LogP contribution in [0.15, 0.2) is 0 Å². The molecule has 8 heteroatoms. The predicted molar refractivity (Wildman–Crippen MR) is 72.4 cm³/mol. The van der Waals surface area contributed by atoms with Crippen molar-refractivity contribution in [1.82, 2.24) is 0 Å². The molecule has 8 nitrogen and oxygen atoms in total. The van der Waals surface area contributed by atoms with E-state index >= 15 is 0 Å². The van der Waals surface area contributed by atoms with E-state index in [9.17, 15) is 4.79 Å². The molecule has 0 aromatic carbocycles. The third kappa shape index (κ3) is 7.70. The molecule has 1 aliphatic carbocycles. The lowest BCUT2D eigenvalue weighted by atomic mass is 9.90. The van der Waals surface area contributed by atoms with Gasteiger partial charge >= 0.3 is 5.97 Å². The first-order valence-electron chi connectivity index (χ1n) is 7.01. The highest BCUT2D eigenvalue weighted by Gasteiger charge is 2.29. The average molecular weight is 310 g/mol. The summed E-state index contributed by atoms with van der Waals surface area (Å²) in [5.41, 5.74) is 0. The zero-order valence-electron chi connectivity index (χ0n) is 11.9. The van der Waals surface area contributed by atoms with E-state index in [4.69, 9.17) is 35.7 Å². The Balaban J connectivity index is 0.000000394. The molecular weight excluding hydrogens is 284 g/mol. The fourth-order valence-corrected chi connectivity index (χ4v) is 2.02. The standard InChI is InChI=1S/C7H12O2.C6H14O6/c8-7(9)6-4-2-1-3-5-6;7-1-3(9)5(11)6(12)4(10)2-8/h6H,1-5H2,(H,8,9);3-12H,1-2H2/t;3-,4-,5-,6-/m.1/s1. The topological polar surface area (TPSA) is 159 Å². The molecule has 0 amide bonds. The highest BCUT2D eigenvalue weighted by Crippen LogP contribution is 2.23. The Kier molecular flexibility index (Phi) is 10.5. The SMILES string of the molecule is O=C(O)C1CCCCC1.OC[C@@H](O)[C@@H](O)[C@H](O)[C@H](O)CO. The average Bonchev–Trinajstić information content (AvgIpc) is 2.53. The molecule has 1 aliphatic rings. The van der Waals surface area contributed by atoms with Gasteiger partial charge in [-0.15, -0.1) is 0 Å². The summed E-state index contributed by atoms with van der Waals surface area (Å²) in [5, 5.41) is 60.7. The van der Waals surface area contributed by atoms with Crippen LogP contribution >= 0.6 is 0 Å². The van der Waals surface area contributed by atoms with E-state index in [1.54, 1.807) is 0 Å². The fraction of sp³-hybridized carbons (Fsp3) is 0.923. The molecule has 4 atom stereocenters. The lowest BCUT2D eigenvalue weighted by molar-refractivity contribution is -0.142. The Hall–Kier alpha value is -0.770. The molecule has 0 radical (unpaired) electrons. The van der Waals surface area contributed by atoms with Gasteiger partial charge in [0.15, 0.2) is 0 Å². The van der Waals surface area contributed by atoms with E-state index in [0.29, 0.717) is 0 Å². The summed E-state index contributed by atoms with van der Waals surface area (Å²) in [6.07, 6.45) is -1.15. The minimum absolute atomic E-state index is 0.0289. The molecule has 0 heterocycles. The second-order valence-corrected chi connectivity index (χ2v) is 5.15. The molecule has 1 rings (SSSR count). The van der Waals surface area contributed by atoms with E-state index in [-0.39, 0.29) is 5.92 Å². The molecule has 0 saturated heterocycles. The fourth-order valence-electron chi connectivity index (χ4n) is 2.02. The first-order valence-corrected chi connectivity index (χ1v) is 7.01. The zero-order chi connectivity index (χ0) is 16.4. The van der Waals surface area contributed by atoms with Crippen molar-refractivity contribution in [3.63, 3.8) is 0 Å². The molecule has 0 aromatic rings. The Bertz CT molecular complexity index is 265. The Morgan fingerprint density at radius 1 is 0.857 bits per heavy atom. The summed E-state index contributed by atoms with van der Waals surface area (Å²) >= 11 is 0. The second-order valence-electron chi connectivity index (χ2n) is 5.15. The molecule has 0 aromatic heterocycles. The molecule has 0 unspecified atom stereocenters. The summed E-state index contributed by atoms with van der Waals surface area (Å²) in [5.74, 6) is -0.631. The van der Waals surface area contributed by atoms with Crippen molar-refractivity contribution in [3.8, 4) is 0 Å². The van der Waals surface area contributed by atoms with Gasteiger partial charge in [0, 0.05) is 0 Å². The van der Waals surface area contributed by atoms with Crippen molar-refractivity contribution in [1.29, 1.82) is 0 Å². The first-order chi connectivity index (χ1) is 9.84. The zero-order valence-corrected chi connectivity index (χ0v) is 11.9. The molecule has 21 heavy (non-hydrogen) atoms. The van der Waals surface area contributed by atoms with Gasteiger partial charge in [-0.3, -0.25) is 4.79 Å². The van der Waals surface area contributed by atoms with Gasteiger partial charge < -0.3 is 35.7 Å². The normalized spacial score (nSPS) is 21.6. The number of hydrogen-bond donors (Lipinski definition) is 7. The van der Waals surface area contributed by atoms with E-state index < -0.39 is 43.6 Å². The number of aliphatic carboxylic acids is 1. The monoisotopic (exact) mass is 310 g/mol. The summed E-state index contributed by atoms with van der Waals surface area (Å²) in [7, 11) is 0. The predicted octanol–water partition coefficient (Wildman–Crippen LogP) is -1.93. The van der Waals surface area contributed by atoms with Crippen molar-refractivity contribution < 1.29 is 40.5 Å². The minimum Gasteiger partial charge on any atom is -0.481 e. The maximum atomic E-state index is 10.4. The van der Waals surface area contributed by atoms with E-state index in [0.717, 1.165) is 25.7 Å². The van der Waals surface area contributed by atoms with Crippen LogP contribution in [0, 0.1) is 5.92 Å². The summed E-state index contributed by atoms with van der Waals surface area (Å²) < 4.78 is 0. The molecule has 7 N–H and O–H groups in total. The molecule has 126 valence electrons. The van der Waals surface area contributed by atoms with Crippen molar-refractivity contribution in [3.05, 3.63) is 0 Å². The Morgan fingerprint density at radius 2 is 1.24 bits per heavy atom. The summed E-state index contributed by atoms with van der Waals surface area (Å²) in [6, 6.07) is 0. The van der Waals surface area contributed by atoms with Crippen LogP contribution in [-0.4, -0.2) is 79.3 Å². The van der Waals surface area contributed by atoms with Crippen LogP contribution < -0.4 is 0 Å². The van der Waals surface area contributed by atoms with Crippen LogP contribution in [0.2, 0.25) is 0 Å². The highest BCUT2D eigenvalue weighted by atomic mass is 16.4. The van der Waals surface area contributed by atoms with Crippen molar-refractivity contribution in [2.24, 2.45) is 5.92 Å². The third-order valence-electron chi connectivity index (χ3n) is 3.47. The summed E-state index contributed by atoms with van der Waals surface area (Å²) in [4.78, 5) is 10.4. The quantitative estimate of drug-likeness (QED) is 0.298. The van der Waals surface area contributed by atoms with Gasteiger partial charge in [0.05, 0.1) is 19.1 Å². The van der Waals surface area contributed by atoms with Crippen molar-refractivity contribution in [2.45, 2.75) is 56.5 Å². The molecule has 0 bridgehead atoms. The number of rotatable bonds is 6. The Labute approximate surface area is 123 Å². The third-order valence-corrected chi connectivity index (χ3v) is 3.47. The maximum Gasteiger partial charge on any atom is 0.306 e. The number of hydrogen-bond acceptors (Lipinski definition) is 7. The lowest BCUT2D eigenvalue weighted by Crippen LogP contribution is -2.46. The number of carboxylic acid groups (broad SMARTS) is 1. The number of aliphatic hydroxyl groups is 6. The van der Waals surface area contributed by atoms with Crippen LogP contribution in [-0.2, 0) is 4.79 Å². The van der Waals surface area contributed by atoms with Gasteiger partial charge in [-0.1, -0.05) is 19.3 Å². The molecule has 1 saturated carbocycles. The van der Waals surface area contributed by atoms with Crippen LogP contribution in [0.3, 0.4) is 0 Å². The minimum atomic E-state index is -1.67. The first kappa shape index (κ1) is 20.2. The Morgan fingerprint density at radius 3 is 1.48 bits per heavy atom. The number of carbonyl (C=O) groups is 1. The van der Waals surface area contributed by atoms with Gasteiger partial charge in [-0.2, -0.15) is 0 Å². The van der Waals surface area contributed by atoms with E-state index in [1.165, 1.54) is 6.42 Å². The van der Waals surface area contributed by atoms with E-state index in [1.807, 2.05) is 0 Å². The van der Waals surface area contributed by atoms with Crippen LogP contribution in [0.25, 0.3) is 0 Å².